The lowest BCUT2D eigenvalue weighted by atomic mass is 9.99. The molecule has 0 unspecified atom stereocenters. The molecule has 0 saturated carbocycles. The van der Waals surface area contributed by atoms with Crippen molar-refractivity contribution in [2.24, 2.45) is 5.92 Å². The van der Waals surface area contributed by atoms with Crippen molar-refractivity contribution in [1.82, 2.24) is 0 Å². The van der Waals surface area contributed by atoms with E-state index in [2.05, 4.69) is 12.2 Å². The average molecular weight is 315 g/mol. The van der Waals surface area contributed by atoms with Crippen LogP contribution in [0.1, 0.15) is 19.8 Å². The molecule has 1 aliphatic heterocycles. The lowest BCUT2D eigenvalue weighted by molar-refractivity contribution is -0.897. The summed E-state index contributed by atoms with van der Waals surface area (Å²) in [6.07, 6.45) is 2.28. The zero-order chi connectivity index (χ0) is 15.2. The van der Waals surface area contributed by atoms with Gasteiger partial charge in [-0.1, -0.05) is 30.8 Å². The van der Waals surface area contributed by atoms with Gasteiger partial charge in [-0.05, 0) is 30.9 Å². The first kappa shape index (κ1) is 16.2. The highest BCUT2D eigenvalue weighted by Crippen LogP contribution is 2.31. The largest absolute Gasteiger partial charge is 0.327 e. The summed E-state index contributed by atoms with van der Waals surface area (Å²) in [5, 5.41) is 2.76. The van der Waals surface area contributed by atoms with Crippen LogP contribution >= 0.6 is 11.8 Å². The monoisotopic (exact) mass is 315 g/mol. The maximum atomic E-state index is 12.5. The van der Waals surface area contributed by atoms with E-state index in [1.54, 1.807) is 24.3 Å². The second-order valence-corrected chi connectivity index (χ2v) is 6.56. The van der Waals surface area contributed by atoms with Crippen LogP contribution in [0.2, 0.25) is 0 Å². The Morgan fingerprint density at radius 2 is 2.05 bits per heavy atom. The number of hydrogen-bond donors (Lipinski definition) is 2. The first-order valence-corrected chi connectivity index (χ1v) is 8.10. The normalized spacial score (nSPS) is 22.3. The molecule has 1 amide bonds. The van der Waals surface area contributed by atoms with Gasteiger partial charge < -0.3 is 10.2 Å². The SMILES string of the molecule is CC1CC[NH+](CC(=O)Nc2ccccc2SC(F)F)CC1. The number of hydrogen-bond acceptors (Lipinski definition) is 2. The number of likely N-dealkylation sites (tertiary alicyclic amines) is 1. The van der Waals surface area contributed by atoms with E-state index in [-0.39, 0.29) is 5.91 Å². The van der Waals surface area contributed by atoms with Gasteiger partial charge in [0, 0.05) is 4.90 Å². The fourth-order valence-corrected chi connectivity index (χ4v) is 3.13. The molecule has 1 aromatic carbocycles. The van der Waals surface area contributed by atoms with Crippen LogP contribution in [-0.4, -0.2) is 31.3 Å². The van der Waals surface area contributed by atoms with E-state index in [1.807, 2.05) is 0 Å². The van der Waals surface area contributed by atoms with Gasteiger partial charge in [0.1, 0.15) is 0 Å². The number of amides is 1. The number of carbonyl (C=O) groups is 1. The number of benzene rings is 1. The Balaban J connectivity index is 1.90. The Morgan fingerprint density at radius 3 is 2.71 bits per heavy atom. The predicted octanol–water partition coefficient (Wildman–Crippen LogP) is 2.25. The molecule has 2 rings (SSSR count). The Bertz CT molecular complexity index is 476. The number of piperidine rings is 1. The van der Waals surface area contributed by atoms with Crippen molar-refractivity contribution < 1.29 is 18.5 Å². The fraction of sp³-hybridized carbons (Fsp3) is 0.533. The molecule has 3 nitrogen and oxygen atoms in total. The smallest absolute Gasteiger partial charge is 0.288 e. The lowest BCUT2D eigenvalue weighted by Crippen LogP contribution is -3.14. The molecule has 0 aromatic heterocycles. The fourth-order valence-electron chi connectivity index (χ4n) is 2.54. The molecular weight excluding hydrogens is 294 g/mol. The van der Waals surface area contributed by atoms with Crippen molar-refractivity contribution in [2.45, 2.75) is 30.4 Å². The molecule has 2 N–H and O–H groups in total. The highest BCUT2D eigenvalue weighted by molar-refractivity contribution is 7.99. The Morgan fingerprint density at radius 1 is 1.38 bits per heavy atom. The van der Waals surface area contributed by atoms with E-state index < -0.39 is 5.76 Å². The molecule has 21 heavy (non-hydrogen) atoms. The molecule has 116 valence electrons. The number of thioether (sulfide) groups is 1. The van der Waals surface area contributed by atoms with Crippen molar-refractivity contribution in [3.63, 3.8) is 0 Å². The third-order valence-electron chi connectivity index (χ3n) is 3.77. The van der Waals surface area contributed by atoms with E-state index in [4.69, 9.17) is 0 Å². The molecule has 0 bridgehead atoms. The maximum absolute atomic E-state index is 12.5. The van der Waals surface area contributed by atoms with E-state index >= 15 is 0 Å². The summed E-state index contributed by atoms with van der Waals surface area (Å²) in [5.41, 5.74) is 0.470. The van der Waals surface area contributed by atoms with Crippen LogP contribution in [0.15, 0.2) is 29.2 Å². The first-order valence-electron chi connectivity index (χ1n) is 7.22. The second-order valence-electron chi connectivity index (χ2n) is 5.53. The summed E-state index contributed by atoms with van der Waals surface area (Å²) in [6, 6.07) is 6.69. The zero-order valence-corrected chi connectivity index (χ0v) is 12.9. The number of alkyl halides is 2. The van der Waals surface area contributed by atoms with Crippen LogP contribution in [0.3, 0.4) is 0 Å². The van der Waals surface area contributed by atoms with Gasteiger partial charge in [-0.15, -0.1) is 0 Å². The number of carbonyl (C=O) groups excluding carboxylic acids is 1. The molecule has 1 heterocycles. The maximum Gasteiger partial charge on any atom is 0.288 e. The minimum atomic E-state index is -2.49. The lowest BCUT2D eigenvalue weighted by Gasteiger charge is -2.26. The first-order chi connectivity index (χ1) is 10.0. The van der Waals surface area contributed by atoms with E-state index in [1.165, 1.54) is 4.90 Å². The molecule has 1 saturated heterocycles. The number of para-hydroxylation sites is 1. The summed E-state index contributed by atoms with van der Waals surface area (Å²) in [5.74, 6) is -1.86. The highest BCUT2D eigenvalue weighted by atomic mass is 32.2. The second kappa shape index (κ2) is 7.75. The van der Waals surface area contributed by atoms with Crippen LogP contribution in [0.25, 0.3) is 0 Å². The summed E-state index contributed by atoms with van der Waals surface area (Å²) in [7, 11) is 0. The van der Waals surface area contributed by atoms with Gasteiger partial charge in [0.15, 0.2) is 6.54 Å². The van der Waals surface area contributed by atoms with Gasteiger partial charge in [-0.2, -0.15) is 8.78 Å². The molecular formula is C15H21F2N2OS+. The van der Waals surface area contributed by atoms with E-state index in [9.17, 15) is 13.6 Å². The third-order valence-corrected chi connectivity index (χ3v) is 4.56. The van der Waals surface area contributed by atoms with Crippen molar-refractivity contribution in [1.29, 1.82) is 0 Å². The highest BCUT2D eigenvalue weighted by Gasteiger charge is 2.21. The van der Waals surface area contributed by atoms with Crippen LogP contribution < -0.4 is 10.2 Å². The van der Waals surface area contributed by atoms with E-state index in [0.29, 0.717) is 28.9 Å². The zero-order valence-electron chi connectivity index (χ0n) is 12.1. The topological polar surface area (TPSA) is 33.5 Å². The summed E-state index contributed by atoms with van der Waals surface area (Å²) in [4.78, 5) is 13.7. The van der Waals surface area contributed by atoms with Gasteiger partial charge in [0.25, 0.3) is 11.7 Å². The third kappa shape index (κ3) is 5.28. The Labute approximate surface area is 128 Å². The van der Waals surface area contributed by atoms with Gasteiger partial charge in [0.2, 0.25) is 0 Å². The molecule has 1 fully saturated rings. The number of rotatable bonds is 5. The average Bonchev–Trinajstić information content (AvgIpc) is 2.43. The van der Waals surface area contributed by atoms with Crippen LogP contribution in [0, 0.1) is 5.92 Å². The molecule has 0 aliphatic carbocycles. The van der Waals surface area contributed by atoms with Gasteiger partial charge in [-0.3, -0.25) is 4.79 Å². The molecule has 1 aromatic rings. The van der Waals surface area contributed by atoms with Crippen molar-refractivity contribution in [3.8, 4) is 0 Å². The number of anilines is 1. The standard InChI is InChI=1S/C15H20F2N2OS/c1-11-6-8-19(9-7-11)10-14(20)18-12-4-2-3-5-13(12)21-15(16)17/h2-5,11,15H,6-10H2,1H3,(H,18,20)/p+1. The molecule has 0 radical (unpaired) electrons. The summed E-state index contributed by atoms with van der Waals surface area (Å²) >= 11 is 0.459. The molecule has 0 spiro atoms. The minimum Gasteiger partial charge on any atom is -0.327 e. The molecule has 0 atom stereocenters. The summed E-state index contributed by atoms with van der Waals surface area (Å²) in [6.45, 7) is 4.64. The Kier molecular flexibility index (Phi) is 5.99. The van der Waals surface area contributed by atoms with Crippen molar-refractivity contribution in [3.05, 3.63) is 24.3 Å². The predicted molar refractivity (Wildman–Crippen MR) is 80.9 cm³/mol. The molecule has 6 heteroatoms. The van der Waals surface area contributed by atoms with Gasteiger partial charge >= 0.3 is 0 Å². The van der Waals surface area contributed by atoms with E-state index in [0.717, 1.165) is 31.8 Å². The van der Waals surface area contributed by atoms with Gasteiger partial charge in [-0.25, -0.2) is 0 Å². The van der Waals surface area contributed by atoms with Gasteiger partial charge in [0.05, 0.1) is 18.8 Å². The number of quaternary nitrogens is 1. The minimum absolute atomic E-state index is 0.109. The quantitative estimate of drug-likeness (QED) is 0.817. The summed E-state index contributed by atoms with van der Waals surface area (Å²) < 4.78 is 25.0. The van der Waals surface area contributed by atoms with Crippen molar-refractivity contribution >= 4 is 23.4 Å². The number of halogens is 2. The van der Waals surface area contributed by atoms with Crippen LogP contribution in [-0.2, 0) is 4.79 Å². The van der Waals surface area contributed by atoms with Crippen LogP contribution in [0.5, 0.6) is 0 Å². The van der Waals surface area contributed by atoms with Crippen LogP contribution in [0.4, 0.5) is 14.5 Å². The van der Waals surface area contributed by atoms with Crippen molar-refractivity contribution in [2.75, 3.05) is 25.0 Å². The molecule has 1 aliphatic rings. The Hall–Kier alpha value is -1.14. The number of nitrogens with one attached hydrogen (secondary N) is 2.